The maximum atomic E-state index is 4.84. The van der Waals surface area contributed by atoms with Crippen LogP contribution >= 0.6 is 0 Å². The molecule has 24 heavy (non-hydrogen) atoms. The lowest BCUT2D eigenvalue weighted by Gasteiger charge is -2.17. The number of fused-ring (bicyclic) bond motifs is 1. The first kappa shape index (κ1) is 15.0. The summed E-state index contributed by atoms with van der Waals surface area (Å²) in [5.41, 5.74) is 0.891. The van der Waals surface area contributed by atoms with Gasteiger partial charge in [0.2, 0.25) is 0 Å². The van der Waals surface area contributed by atoms with Crippen molar-refractivity contribution >= 4 is 16.9 Å². The Labute approximate surface area is 140 Å². The highest BCUT2D eigenvalue weighted by Gasteiger charge is 2.22. The molecule has 0 aromatic carbocycles. The topological polar surface area (TPSA) is 86.3 Å². The van der Waals surface area contributed by atoms with Crippen LogP contribution in [0.4, 0.5) is 5.82 Å². The number of aryl methyl sites for hydroxylation is 1. The Morgan fingerprint density at radius 1 is 1.25 bits per heavy atom. The Balaban J connectivity index is 1.65. The molecule has 0 radical (unpaired) electrons. The fourth-order valence-corrected chi connectivity index (χ4v) is 3.40. The first-order valence-corrected chi connectivity index (χ1v) is 8.49. The van der Waals surface area contributed by atoms with Crippen molar-refractivity contribution in [3.8, 4) is 0 Å². The molecule has 8 nitrogen and oxygen atoms in total. The molecule has 4 rings (SSSR count). The van der Waals surface area contributed by atoms with Crippen LogP contribution in [0.3, 0.4) is 0 Å². The SMILES string of the molecule is CC(Cn1cncn1)Nc1nc(C2CCCC2)nc2c1cnn2C. The third kappa shape index (κ3) is 2.83. The van der Waals surface area contributed by atoms with E-state index in [-0.39, 0.29) is 6.04 Å². The van der Waals surface area contributed by atoms with E-state index in [0.29, 0.717) is 5.92 Å². The fourth-order valence-electron chi connectivity index (χ4n) is 3.40. The molecule has 126 valence electrons. The molecule has 8 heteroatoms. The minimum Gasteiger partial charge on any atom is -0.365 e. The molecule has 1 fully saturated rings. The third-order valence-corrected chi connectivity index (χ3v) is 4.64. The third-order valence-electron chi connectivity index (χ3n) is 4.64. The van der Waals surface area contributed by atoms with Crippen LogP contribution in [0, 0.1) is 0 Å². The van der Waals surface area contributed by atoms with Crippen molar-refractivity contribution in [1.29, 1.82) is 0 Å². The summed E-state index contributed by atoms with van der Waals surface area (Å²) in [6.07, 6.45) is 10.00. The van der Waals surface area contributed by atoms with Crippen LogP contribution in [0.2, 0.25) is 0 Å². The van der Waals surface area contributed by atoms with Crippen molar-refractivity contribution in [3.05, 3.63) is 24.7 Å². The van der Waals surface area contributed by atoms with E-state index in [1.165, 1.54) is 25.7 Å². The molecule has 1 saturated carbocycles. The number of nitrogens with one attached hydrogen (secondary N) is 1. The van der Waals surface area contributed by atoms with Gasteiger partial charge in [-0.1, -0.05) is 12.8 Å². The zero-order valence-corrected chi connectivity index (χ0v) is 14.1. The Bertz CT molecular complexity index is 816. The highest BCUT2D eigenvalue weighted by atomic mass is 15.3. The molecule has 3 heterocycles. The summed E-state index contributed by atoms with van der Waals surface area (Å²) < 4.78 is 3.64. The van der Waals surface area contributed by atoms with Crippen molar-refractivity contribution in [2.45, 2.75) is 51.1 Å². The highest BCUT2D eigenvalue weighted by molar-refractivity contribution is 5.86. The number of nitrogens with zero attached hydrogens (tertiary/aromatic N) is 7. The van der Waals surface area contributed by atoms with Crippen LogP contribution in [0.5, 0.6) is 0 Å². The molecule has 1 aliphatic rings. The molecule has 1 unspecified atom stereocenters. The maximum absolute atomic E-state index is 4.84. The van der Waals surface area contributed by atoms with Crippen molar-refractivity contribution in [2.75, 3.05) is 5.32 Å². The Kier molecular flexibility index (Phi) is 3.87. The average molecular weight is 326 g/mol. The number of hydrogen-bond acceptors (Lipinski definition) is 6. The second-order valence-corrected chi connectivity index (χ2v) is 6.58. The van der Waals surface area contributed by atoms with Gasteiger partial charge in [-0.2, -0.15) is 10.2 Å². The Morgan fingerprint density at radius 2 is 2.08 bits per heavy atom. The summed E-state index contributed by atoms with van der Waals surface area (Å²) in [5.74, 6) is 2.28. The monoisotopic (exact) mass is 326 g/mol. The van der Waals surface area contributed by atoms with Gasteiger partial charge in [-0.25, -0.2) is 15.0 Å². The molecular formula is C16H22N8. The van der Waals surface area contributed by atoms with E-state index in [0.717, 1.165) is 29.2 Å². The van der Waals surface area contributed by atoms with Gasteiger partial charge in [0.15, 0.2) is 5.65 Å². The van der Waals surface area contributed by atoms with Crippen molar-refractivity contribution < 1.29 is 0 Å². The van der Waals surface area contributed by atoms with E-state index >= 15 is 0 Å². The van der Waals surface area contributed by atoms with Gasteiger partial charge in [0.1, 0.15) is 24.3 Å². The first-order chi connectivity index (χ1) is 11.7. The van der Waals surface area contributed by atoms with E-state index in [1.54, 1.807) is 12.7 Å². The van der Waals surface area contributed by atoms with Gasteiger partial charge in [-0.15, -0.1) is 0 Å². The Hall–Kier alpha value is -2.51. The lowest BCUT2D eigenvalue weighted by Crippen LogP contribution is -2.23. The summed E-state index contributed by atoms with van der Waals surface area (Å²) in [6, 6.07) is 0.168. The van der Waals surface area contributed by atoms with Gasteiger partial charge < -0.3 is 5.32 Å². The van der Waals surface area contributed by atoms with Gasteiger partial charge in [0, 0.05) is 19.0 Å². The summed E-state index contributed by atoms with van der Waals surface area (Å²) in [6.45, 7) is 2.84. The van der Waals surface area contributed by atoms with Gasteiger partial charge in [0.05, 0.1) is 18.1 Å². The molecule has 1 N–H and O–H groups in total. The number of hydrogen-bond donors (Lipinski definition) is 1. The van der Waals surface area contributed by atoms with Crippen LogP contribution in [0.15, 0.2) is 18.9 Å². The minimum atomic E-state index is 0.168. The number of aromatic nitrogens is 7. The van der Waals surface area contributed by atoms with Gasteiger partial charge >= 0.3 is 0 Å². The predicted octanol–water partition coefficient (Wildman–Crippen LogP) is 2.11. The molecule has 3 aromatic heterocycles. The average Bonchev–Trinajstić information content (AvgIpc) is 3.30. The zero-order valence-electron chi connectivity index (χ0n) is 14.1. The molecular weight excluding hydrogens is 304 g/mol. The normalized spacial score (nSPS) is 16.8. The van der Waals surface area contributed by atoms with Crippen LogP contribution in [0.25, 0.3) is 11.0 Å². The molecule has 0 aliphatic heterocycles. The van der Waals surface area contributed by atoms with E-state index in [1.807, 2.05) is 22.6 Å². The van der Waals surface area contributed by atoms with E-state index in [9.17, 15) is 0 Å². The summed E-state index contributed by atoms with van der Waals surface area (Å²) in [7, 11) is 1.93. The molecule has 3 aromatic rings. The maximum Gasteiger partial charge on any atom is 0.163 e. The van der Waals surface area contributed by atoms with Crippen molar-refractivity contribution in [2.24, 2.45) is 7.05 Å². The quantitative estimate of drug-likeness (QED) is 0.773. The predicted molar refractivity (Wildman–Crippen MR) is 90.6 cm³/mol. The summed E-state index contributed by atoms with van der Waals surface area (Å²) >= 11 is 0. The molecule has 0 spiro atoms. The second-order valence-electron chi connectivity index (χ2n) is 6.58. The van der Waals surface area contributed by atoms with Crippen LogP contribution < -0.4 is 5.32 Å². The van der Waals surface area contributed by atoms with Crippen molar-refractivity contribution in [3.63, 3.8) is 0 Å². The lowest BCUT2D eigenvalue weighted by atomic mass is 10.1. The molecule has 1 atom stereocenters. The highest BCUT2D eigenvalue weighted by Crippen LogP contribution is 2.34. The van der Waals surface area contributed by atoms with Gasteiger partial charge in [-0.3, -0.25) is 9.36 Å². The molecule has 1 aliphatic carbocycles. The van der Waals surface area contributed by atoms with Crippen LogP contribution in [-0.4, -0.2) is 40.6 Å². The van der Waals surface area contributed by atoms with E-state index in [2.05, 4.69) is 27.4 Å². The molecule has 0 amide bonds. The standard InChI is InChI=1S/C16H22N8/c1-11(8-24-10-17-9-19-24)20-15-13-7-18-23(2)16(13)22-14(21-15)12-5-3-4-6-12/h7,9-12H,3-6,8H2,1-2H3,(H,20,21,22). The summed E-state index contributed by atoms with van der Waals surface area (Å²) in [4.78, 5) is 13.6. The zero-order chi connectivity index (χ0) is 16.5. The van der Waals surface area contributed by atoms with Crippen LogP contribution in [-0.2, 0) is 13.6 Å². The number of anilines is 1. The molecule has 0 saturated heterocycles. The van der Waals surface area contributed by atoms with E-state index in [4.69, 9.17) is 9.97 Å². The lowest BCUT2D eigenvalue weighted by molar-refractivity contribution is 0.558. The Morgan fingerprint density at radius 3 is 2.83 bits per heavy atom. The minimum absolute atomic E-state index is 0.168. The molecule has 0 bridgehead atoms. The first-order valence-electron chi connectivity index (χ1n) is 8.49. The van der Waals surface area contributed by atoms with Crippen molar-refractivity contribution in [1.82, 2.24) is 34.5 Å². The van der Waals surface area contributed by atoms with Crippen LogP contribution in [0.1, 0.15) is 44.3 Å². The smallest absolute Gasteiger partial charge is 0.163 e. The summed E-state index contributed by atoms with van der Waals surface area (Å²) in [5, 5.41) is 13.0. The largest absolute Gasteiger partial charge is 0.365 e. The van der Waals surface area contributed by atoms with E-state index < -0.39 is 0 Å². The van der Waals surface area contributed by atoms with Gasteiger partial charge in [-0.05, 0) is 19.8 Å². The second kappa shape index (κ2) is 6.18. The fraction of sp³-hybridized carbons (Fsp3) is 0.562. The van der Waals surface area contributed by atoms with Gasteiger partial charge in [0.25, 0.3) is 0 Å². The number of rotatable bonds is 5.